The third-order valence-electron chi connectivity index (χ3n) is 1.87. The number of pyridine rings is 2. The molecule has 76 valence electrons. The smallest absolute Gasteiger partial charge is 0.130 e. The first-order valence-electron chi connectivity index (χ1n) is 4.54. The van der Waals surface area contributed by atoms with Crippen LogP contribution in [0.2, 0.25) is 0 Å². The van der Waals surface area contributed by atoms with Crippen molar-refractivity contribution < 1.29 is 0 Å². The van der Waals surface area contributed by atoms with Gasteiger partial charge in [0.2, 0.25) is 0 Å². The van der Waals surface area contributed by atoms with Gasteiger partial charge in [0.15, 0.2) is 0 Å². The summed E-state index contributed by atoms with van der Waals surface area (Å²) in [5, 5.41) is 3.18. The van der Waals surface area contributed by atoms with E-state index in [2.05, 4.69) is 31.2 Å². The van der Waals surface area contributed by atoms with E-state index in [1.165, 1.54) is 0 Å². The van der Waals surface area contributed by atoms with Crippen molar-refractivity contribution in [3.63, 3.8) is 0 Å². The molecule has 2 aromatic rings. The third kappa shape index (κ3) is 2.76. The summed E-state index contributed by atoms with van der Waals surface area (Å²) in [5.74, 6) is 0.811. The highest BCUT2D eigenvalue weighted by Gasteiger charge is 1.96. The molecule has 2 aromatic heterocycles. The number of nitrogens with zero attached hydrogens (tertiary/aromatic N) is 2. The van der Waals surface area contributed by atoms with Crippen LogP contribution in [0.5, 0.6) is 0 Å². The minimum atomic E-state index is 0.811. The molecule has 4 heteroatoms. The van der Waals surface area contributed by atoms with Crippen molar-refractivity contribution >= 4 is 27.4 Å². The van der Waals surface area contributed by atoms with Gasteiger partial charge in [-0.25, -0.2) is 4.98 Å². The van der Waals surface area contributed by atoms with Crippen molar-refractivity contribution in [2.75, 3.05) is 5.32 Å². The fourth-order valence-corrected chi connectivity index (χ4v) is 1.46. The lowest BCUT2D eigenvalue weighted by Crippen LogP contribution is -1.93. The number of aryl methyl sites for hydroxylation is 1. The normalized spacial score (nSPS) is 10.0. The summed E-state index contributed by atoms with van der Waals surface area (Å²) >= 11 is 3.34. The molecule has 0 radical (unpaired) electrons. The Bertz CT molecular complexity index is 454. The Labute approximate surface area is 96.7 Å². The van der Waals surface area contributed by atoms with E-state index >= 15 is 0 Å². The SMILES string of the molecule is Cc1cncc(Nc2ccc(Br)cn2)c1. The number of hydrogen-bond acceptors (Lipinski definition) is 3. The van der Waals surface area contributed by atoms with Crippen LogP contribution in [0.3, 0.4) is 0 Å². The number of halogens is 1. The van der Waals surface area contributed by atoms with E-state index in [9.17, 15) is 0 Å². The maximum absolute atomic E-state index is 4.22. The first-order valence-corrected chi connectivity index (χ1v) is 5.33. The van der Waals surface area contributed by atoms with Crippen LogP contribution < -0.4 is 5.32 Å². The molecule has 0 saturated heterocycles. The van der Waals surface area contributed by atoms with E-state index < -0.39 is 0 Å². The van der Waals surface area contributed by atoms with Crippen LogP contribution in [0, 0.1) is 6.92 Å². The molecule has 0 fully saturated rings. The monoisotopic (exact) mass is 263 g/mol. The van der Waals surface area contributed by atoms with Crippen molar-refractivity contribution in [2.45, 2.75) is 6.92 Å². The number of hydrogen-bond donors (Lipinski definition) is 1. The Morgan fingerprint density at radius 2 is 2.07 bits per heavy atom. The molecule has 0 saturated carbocycles. The van der Waals surface area contributed by atoms with Crippen LogP contribution >= 0.6 is 15.9 Å². The molecule has 1 N–H and O–H groups in total. The first kappa shape index (κ1) is 10.1. The van der Waals surface area contributed by atoms with E-state index in [-0.39, 0.29) is 0 Å². The van der Waals surface area contributed by atoms with Gasteiger partial charge in [-0.15, -0.1) is 0 Å². The van der Waals surface area contributed by atoms with Crippen LogP contribution in [-0.4, -0.2) is 9.97 Å². The Hall–Kier alpha value is -1.42. The molecule has 2 rings (SSSR count). The second-order valence-corrected chi connectivity index (χ2v) is 4.15. The molecule has 0 aliphatic carbocycles. The zero-order chi connectivity index (χ0) is 10.7. The molecule has 0 atom stereocenters. The molecular formula is C11H10BrN3. The lowest BCUT2D eigenvalue weighted by atomic mass is 10.3. The maximum Gasteiger partial charge on any atom is 0.130 e. The average molecular weight is 264 g/mol. The quantitative estimate of drug-likeness (QED) is 0.904. The second-order valence-electron chi connectivity index (χ2n) is 3.24. The molecule has 0 bridgehead atoms. The predicted molar refractivity (Wildman–Crippen MR) is 64.2 cm³/mol. The number of nitrogens with one attached hydrogen (secondary N) is 1. The van der Waals surface area contributed by atoms with Gasteiger partial charge in [0, 0.05) is 16.9 Å². The molecule has 15 heavy (non-hydrogen) atoms. The predicted octanol–water partition coefficient (Wildman–Crippen LogP) is 3.29. The average Bonchev–Trinajstić information content (AvgIpc) is 2.22. The summed E-state index contributed by atoms with van der Waals surface area (Å²) in [6, 6.07) is 5.88. The van der Waals surface area contributed by atoms with Gasteiger partial charge in [-0.05, 0) is 46.6 Å². The fraction of sp³-hybridized carbons (Fsp3) is 0.0909. The summed E-state index contributed by atoms with van der Waals surface area (Å²) in [6.45, 7) is 2.01. The molecule has 0 amide bonds. The van der Waals surface area contributed by atoms with Crippen molar-refractivity contribution in [1.82, 2.24) is 9.97 Å². The third-order valence-corrected chi connectivity index (χ3v) is 2.34. The molecule has 0 aliphatic heterocycles. The van der Waals surface area contributed by atoms with Gasteiger partial charge < -0.3 is 5.32 Å². The lowest BCUT2D eigenvalue weighted by Gasteiger charge is -2.05. The Morgan fingerprint density at radius 1 is 1.20 bits per heavy atom. The van der Waals surface area contributed by atoms with Crippen molar-refractivity contribution in [1.29, 1.82) is 0 Å². The van der Waals surface area contributed by atoms with Crippen LogP contribution in [-0.2, 0) is 0 Å². The topological polar surface area (TPSA) is 37.8 Å². The summed E-state index contributed by atoms with van der Waals surface area (Å²) in [4.78, 5) is 8.32. The van der Waals surface area contributed by atoms with E-state index in [4.69, 9.17) is 0 Å². The van der Waals surface area contributed by atoms with Crippen LogP contribution in [0.4, 0.5) is 11.5 Å². The summed E-state index contributed by atoms with van der Waals surface area (Å²) in [7, 11) is 0. The van der Waals surface area contributed by atoms with E-state index in [1.54, 1.807) is 12.4 Å². The standard InChI is InChI=1S/C11H10BrN3/c1-8-4-10(7-13-5-8)15-11-3-2-9(12)6-14-11/h2-7H,1H3,(H,14,15). The van der Waals surface area contributed by atoms with Crippen LogP contribution in [0.1, 0.15) is 5.56 Å². The molecule has 2 heterocycles. The number of rotatable bonds is 2. The lowest BCUT2D eigenvalue weighted by molar-refractivity contribution is 1.24. The zero-order valence-electron chi connectivity index (χ0n) is 8.24. The molecule has 0 unspecified atom stereocenters. The van der Waals surface area contributed by atoms with Crippen LogP contribution in [0.25, 0.3) is 0 Å². The highest BCUT2D eigenvalue weighted by atomic mass is 79.9. The Kier molecular flexibility index (Phi) is 2.97. The first-order chi connectivity index (χ1) is 7.24. The van der Waals surface area contributed by atoms with Gasteiger partial charge in [-0.2, -0.15) is 0 Å². The molecular weight excluding hydrogens is 254 g/mol. The molecule has 0 aromatic carbocycles. The van der Waals surface area contributed by atoms with Gasteiger partial charge in [0.1, 0.15) is 5.82 Å². The van der Waals surface area contributed by atoms with Gasteiger partial charge >= 0.3 is 0 Å². The Balaban J connectivity index is 2.18. The molecule has 0 spiro atoms. The highest BCUT2D eigenvalue weighted by Crippen LogP contribution is 2.16. The zero-order valence-corrected chi connectivity index (χ0v) is 9.82. The summed E-state index contributed by atoms with van der Waals surface area (Å²) in [5.41, 5.74) is 2.07. The van der Waals surface area contributed by atoms with Crippen molar-refractivity contribution in [3.8, 4) is 0 Å². The van der Waals surface area contributed by atoms with E-state index in [1.807, 2.05) is 31.3 Å². The molecule has 0 aliphatic rings. The fourth-order valence-electron chi connectivity index (χ4n) is 1.22. The van der Waals surface area contributed by atoms with Gasteiger partial charge in [0.05, 0.1) is 11.9 Å². The highest BCUT2D eigenvalue weighted by molar-refractivity contribution is 9.10. The number of aromatic nitrogens is 2. The Morgan fingerprint density at radius 3 is 2.73 bits per heavy atom. The van der Waals surface area contributed by atoms with Gasteiger partial charge in [0.25, 0.3) is 0 Å². The van der Waals surface area contributed by atoms with Gasteiger partial charge in [-0.3, -0.25) is 4.98 Å². The second kappa shape index (κ2) is 4.40. The van der Waals surface area contributed by atoms with Crippen molar-refractivity contribution in [2.24, 2.45) is 0 Å². The minimum Gasteiger partial charge on any atom is -0.339 e. The summed E-state index contributed by atoms with van der Waals surface area (Å²) < 4.78 is 0.968. The summed E-state index contributed by atoms with van der Waals surface area (Å²) in [6.07, 6.45) is 5.35. The van der Waals surface area contributed by atoms with E-state index in [0.717, 1.165) is 21.5 Å². The van der Waals surface area contributed by atoms with E-state index in [0.29, 0.717) is 0 Å². The minimum absolute atomic E-state index is 0.811. The van der Waals surface area contributed by atoms with Crippen LogP contribution in [0.15, 0.2) is 41.3 Å². The molecule has 3 nitrogen and oxygen atoms in total. The maximum atomic E-state index is 4.22. The largest absolute Gasteiger partial charge is 0.339 e. The van der Waals surface area contributed by atoms with Crippen molar-refractivity contribution in [3.05, 3.63) is 46.8 Å². The van der Waals surface area contributed by atoms with Gasteiger partial charge in [-0.1, -0.05) is 0 Å². The number of anilines is 2.